The molecule has 0 bridgehead atoms. The molecule has 17 heavy (non-hydrogen) atoms. The summed E-state index contributed by atoms with van der Waals surface area (Å²) in [6.45, 7) is 2.35. The highest BCUT2D eigenvalue weighted by molar-refractivity contribution is 6.30. The second-order valence-corrected chi connectivity index (χ2v) is 4.02. The molecule has 0 saturated carbocycles. The van der Waals surface area contributed by atoms with Gasteiger partial charge in [-0.2, -0.15) is 5.10 Å². The Labute approximate surface area is 103 Å². The Hall–Kier alpha value is -1.46. The molecule has 0 radical (unpaired) electrons. The van der Waals surface area contributed by atoms with Gasteiger partial charge < -0.3 is 5.32 Å². The Morgan fingerprint density at radius 3 is 2.88 bits per heavy atom. The zero-order valence-electron chi connectivity index (χ0n) is 9.54. The van der Waals surface area contributed by atoms with E-state index < -0.39 is 5.82 Å². The molecule has 0 unspecified atom stereocenters. The van der Waals surface area contributed by atoms with E-state index in [0.717, 1.165) is 5.82 Å². The minimum Gasteiger partial charge on any atom is -0.313 e. The number of benzene rings is 1. The van der Waals surface area contributed by atoms with Gasteiger partial charge in [0.1, 0.15) is 17.5 Å². The number of rotatable bonds is 3. The molecule has 0 fully saturated rings. The van der Waals surface area contributed by atoms with Crippen LogP contribution in [0.2, 0.25) is 5.02 Å². The van der Waals surface area contributed by atoms with Crippen molar-refractivity contribution in [3.63, 3.8) is 0 Å². The predicted molar refractivity (Wildman–Crippen MR) is 63.8 cm³/mol. The molecule has 0 spiro atoms. The number of hydrogen-bond acceptors (Lipinski definition) is 3. The van der Waals surface area contributed by atoms with Crippen molar-refractivity contribution in [3.05, 3.63) is 40.7 Å². The van der Waals surface area contributed by atoms with Gasteiger partial charge in [-0.05, 0) is 26.1 Å². The lowest BCUT2D eigenvalue weighted by molar-refractivity contribution is 0.624. The summed E-state index contributed by atoms with van der Waals surface area (Å²) < 4.78 is 15.0. The van der Waals surface area contributed by atoms with E-state index in [-0.39, 0.29) is 5.02 Å². The van der Waals surface area contributed by atoms with Crippen molar-refractivity contribution in [1.29, 1.82) is 0 Å². The Morgan fingerprint density at radius 1 is 1.47 bits per heavy atom. The normalized spacial score (nSPS) is 10.8. The van der Waals surface area contributed by atoms with E-state index in [1.54, 1.807) is 17.7 Å². The zero-order valence-corrected chi connectivity index (χ0v) is 10.3. The summed E-state index contributed by atoms with van der Waals surface area (Å²) in [5.74, 6) is 0.907. The molecule has 1 aromatic heterocycles. The van der Waals surface area contributed by atoms with Crippen molar-refractivity contribution in [2.24, 2.45) is 0 Å². The van der Waals surface area contributed by atoms with Crippen LogP contribution >= 0.6 is 11.6 Å². The standard InChI is InChI=1S/C11H12ClFN4/c1-7-15-11(6-14-2)17(16-7)8-3-4-9(12)10(13)5-8/h3-5,14H,6H2,1-2H3. The molecule has 0 atom stereocenters. The Morgan fingerprint density at radius 2 is 2.24 bits per heavy atom. The molecule has 0 amide bonds. The van der Waals surface area contributed by atoms with Crippen molar-refractivity contribution in [3.8, 4) is 5.69 Å². The number of nitrogens with zero attached hydrogens (tertiary/aromatic N) is 3. The molecule has 1 aromatic carbocycles. The third-order valence-corrected chi connectivity index (χ3v) is 2.57. The van der Waals surface area contributed by atoms with Crippen LogP contribution in [0, 0.1) is 12.7 Å². The summed E-state index contributed by atoms with van der Waals surface area (Å²) in [5.41, 5.74) is 0.609. The van der Waals surface area contributed by atoms with Crippen LogP contribution in [0.1, 0.15) is 11.6 Å². The summed E-state index contributed by atoms with van der Waals surface area (Å²) >= 11 is 5.64. The molecular weight excluding hydrogens is 243 g/mol. The van der Waals surface area contributed by atoms with E-state index in [9.17, 15) is 4.39 Å². The lowest BCUT2D eigenvalue weighted by atomic mass is 10.3. The topological polar surface area (TPSA) is 42.7 Å². The van der Waals surface area contributed by atoms with Crippen LogP contribution in [-0.2, 0) is 6.54 Å². The molecular formula is C11H12ClFN4. The average molecular weight is 255 g/mol. The summed E-state index contributed by atoms with van der Waals surface area (Å²) in [6.07, 6.45) is 0. The largest absolute Gasteiger partial charge is 0.313 e. The first-order valence-corrected chi connectivity index (χ1v) is 5.52. The van der Waals surface area contributed by atoms with Crippen molar-refractivity contribution in [2.75, 3.05) is 7.05 Å². The van der Waals surface area contributed by atoms with Crippen LogP contribution in [0.3, 0.4) is 0 Å². The van der Waals surface area contributed by atoms with Gasteiger partial charge in [0.15, 0.2) is 0 Å². The highest BCUT2D eigenvalue weighted by atomic mass is 35.5. The van der Waals surface area contributed by atoms with E-state index in [2.05, 4.69) is 15.4 Å². The molecule has 1 heterocycles. The summed E-state index contributed by atoms with van der Waals surface area (Å²) in [4.78, 5) is 4.26. The molecule has 2 rings (SSSR count). The van der Waals surface area contributed by atoms with Gasteiger partial charge in [0.25, 0.3) is 0 Å². The van der Waals surface area contributed by atoms with Crippen molar-refractivity contribution < 1.29 is 4.39 Å². The fraction of sp³-hybridized carbons (Fsp3) is 0.273. The van der Waals surface area contributed by atoms with Crippen LogP contribution < -0.4 is 5.32 Å². The SMILES string of the molecule is CNCc1nc(C)nn1-c1ccc(Cl)c(F)c1. The number of aryl methyl sites for hydroxylation is 1. The monoisotopic (exact) mass is 254 g/mol. The lowest BCUT2D eigenvalue weighted by Gasteiger charge is -2.06. The third kappa shape index (κ3) is 2.45. The van der Waals surface area contributed by atoms with Gasteiger partial charge in [0, 0.05) is 6.07 Å². The fourth-order valence-corrected chi connectivity index (χ4v) is 1.67. The van der Waals surface area contributed by atoms with E-state index >= 15 is 0 Å². The predicted octanol–water partition coefficient (Wildman–Crippen LogP) is 2.09. The maximum atomic E-state index is 13.4. The number of aromatic nitrogens is 3. The molecule has 2 aromatic rings. The smallest absolute Gasteiger partial charge is 0.148 e. The van der Waals surface area contributed by atoms with Crippen LogP contribution in [0.25, 0.3) is 5.69 Å². The summed E-state index contributed by atoms with van der Waals surface area (Å²) in [6, 6.07) is 4.56. The highest BCUT2D eigenvalue weighted by Gasteiger charge is 2.10. The van der Waals surface area contributed by atoms with Crippen molar-refractivity contribution in [2.45, 2.75) is 13.5 Å². The first kappa shape index (κ1) is 12.0. The second-order valence-electron chi connectivity index (χ2n) is 3.62. The molecule has 4 nitrogen and oxygen atoms in total. The van der Waals surface area contributed by atoms with Gasteiger partial charge in [-0.15, -0.1) is 0 Å². The van der Waals surface area contributed by atoms with E-state index in [0.29, 0.717) is 18.1 Å². The van der Waals surface area contributed by atoms with Crippen LogP contribution in [-0.4, -0.2) is 21.8 Å². The first-order chi connectivity index (χ1) is 8.11. The minimum absolute atomic E-state index is 0.0979. The van der Waals surface area contributed by atoms with E-state index in [4.69, 9.17) is 11.6 Å². The van der Waals surface area contributed by atoms with Gasteiger partial charge in [0.05, 0.1) is 17.3 Å². The number of halogens is 2. The minimum atomic E-state index is -0.465. The molecule has 0 aliphatic carbocycles. The van der Waals surface area contributed by atoms with Crippen molar-refractivity contribution in [1.82, 2.24) is 20.1 Å². The van der Waals surface area contributed by atoms with E-state index in [1.165, 1.54) is 12.1 Å². The third-order valence-electron chi connectivity index (χ3n) is 2.26. The summed E-state index contributed by atoms with van der Waals surface area (Å²) in [7, 11) is 1.82. The Bertz CT molecular complexity index is 538. The maximum Gasteiger partial charge on any atom is 0.148 e. The van der Waals surface area contributed by atoms with Gasteiger partial charge in [0.2, 0.25) is 0 Å². The maximum absolute atomic E-state index is 13.4. The van der Waals surface area contributed by atoms with E-state index in [1.807, 2.05) is 7.05 Å². The Kier molecular flexibility index (Phi) is 3.40. The number of nitrogens with one attached hydrogen (secondary N) is 1. The van der Waals surface area contributed by atoms with Crippen LogP contribution in [0.4, 0.5) is 4.39 Å². The van der Waals surface area contributed by atoms with Gasteiger partial charge >= 0.3 is 0 Å². The van der Waals surface area contributed by atoms with Crippen molar-refractivity contribution >= 4 is 11.6 Å². The quantitative estimate of drug-likeness (QED) is 0.912. The summed E-state index contributed by atoms with van der Waals surface area (Å²) in [5, 5.41) is 7.31. The molecule has 0 saturated heterocycles. The first-order valence-electron chi connectivity index (χ1n) is 5.14. The number of hydrogen-bond donors (Lipinski definition) is 1. The van der Waals surface area contributed by atoms with Crippen LogP contribution in [0.15, 0.2) is 18.2 Å². The Balaban J connectivity index is 2.47. The highest BCUT2D eigenvalue weighted by Crippen LogP contribution is 2.18. The molecule has 90 valence electrons. The zero-order chi connectivity index (χ0) is 12.4. The van der Waals surface area contributed by atoms with Gasteiger partial charge in [-0.1, -0.05) is 11.6 Å². The average Bonchev–Trinajstić information content (AvgIpc) is 2.64. The van der Waals surface area contributed by atoms with Crippen LogP contribution in [0.5, 0.6) is 0 Å². The lowest BCUT2D eigenvalue weighted by Crippen LogP contribution is -2.12. The molecule has 0 aliphatic heterocycles. The second kappa shape index (κ2) is 4.81. The van der Waals surface area contributed by atoms with Gasteiger partial charge in [-0.3, -0.25) is 0 Å². The molecule has 1 N–H and O–H groups in total. The van der Waals surface area contributed by atoms with Gasteiger partial charge in [-0.25, -0.2) is 14.1 Å². The molecule has 6 heteroatoms. The molecule has 0 aliphatic rings. The fourth-order valence-electron chi connectivity index (χ4n) is 1.56.